The van der Waals surface area contributed by atoms with Crippen molar-refractivity contribution >= 4 is 17.5 Å². The molecule has 23 heavy (non-hydrogen) atoms. The van der Waals surface area contributed by atoms with Crippen molar-refractivity contribution in [1.82, 2.24) is 5.32 Å². The van der Waals surface area contributed by atoms with Gasteiger partial charge in [-0.2, -0.15) is 0 Å². The number of nitrogens with one attached hydrogen (secondary N) is 2. The van der Waals surface area contributed by atoms with E-state index in [1.807, 2.05) is 0 Å². The van der Waals surface area contributed by atoms with Gasteiger partial charge in [-0.1, -0.05) is 12.1 Å². The Kier molecular flexibility index (Phi) is 5.57. The molecular formula is C17H18N2O4. The number of hydrogen-bond donors (Lipinski definition) is 2. The van der Waals surface area contributed by atoms with Gasteiger partial charge in [0.25, 0.3) is 5.91 Å². The number of amides is 2. The van der Waals surface area contributed by atoms with Crippen LogP contribution >= 0.6 is 0 Å². The van der Waals surface area contributed by atoms with Crippen LogP contribution in [0.4, 0.5) is 5.69 Å². The molecule has 2 N–H and O–H groups in total. The monoisotopic (exact) mass is 314 g/mol. The van der Waals surface area contributed by atoms with Gasteiger partial charge in [-0.25, -0.2) is 0 Å². The van der Waals surface area contributed by atoms with Crippen LogP contribution in [0.1, 0.15) is 10.4 Å². The third-order valence-corrected chi connectivity index (χ3v) is 3.13. The molecule has 0 saturated heterocycles. The fourth-order valence-electron chi connectivity index (χ4n) is 1.97. The molecule has 0 radical (unpaired) electrons. The van der Waals surface area contributed by atoms with Crippen molar-refractivity contribution in [3.8, 4) is 11.5 Å². The third-order valence-electron chi connectivity index (χ3n) is 3.13. The first-order chi connectivity index (χ1) is 11.1. The first kappa shape index (κ1) is 16.4. The van der Waals surface area contributed by atoms with E-state index in [1.165, 1.54) is 7.11 Å². The lowest BCUT2D eigenvalue weighted by molar-refractivity contribution is -0.115. The zero-order chi connectivity index (χ0) is 16.7. The van der Waals surface area contributed by atoms with Gasteiger partial charge >= 0.3 is 0 Å². The van der Waals surface area contributed by atoms with Crippen LogP contribution < -0.4 is 20.1 Å². The smallest absolute Gasteiger partial charge is 0.255 e. The van der Waals surface area contributed by atoms with Crippen molar-refractivity contribution in [2.75, 3.05) is 26.1 Å². The van der Waals surface area contributed by atoms with Crippen LogP contribution in [0, 0.1) is 0 Å². The Morgan fingerprint density at radius 2 is 1.65 bits per heavy atom. The molecule has 0 atom stereocenters. The lowest BCUT2D eigenvalue weighted by Crippen LogP contribution is -2.33. The number of benzene rings is 2. The Morgan fingerprint density at radius 1 is 0.957 bits per heavy atom. The van der Waals surface area contributed by atoms with E-state index in [0.717, 1.165) is 0 Å². The van der Waals surface area contributed by atoms with E-state index in [9.17, 15) is 9.59 Å². The molecule has 120 valence electrons. The van der Waals surface area contributed by atoms with Crippen molar-refractivity contribution in [3.63, 3.8) is 0 Å². The molecule has 0 spiro atoms. The summed E-state index contributed by atoms with van der Waals surface area (Å²) >= 11 is 0. The van der Waals surface area contributed by atoms with E-state index in [0.29, 0.717) is 22.7 Å². The second kappa shape index (κ2) is 7.84. The third kappa shape index (κ3) is 4.47. The van der Waals surface area contributed by atoms with E-state index in [1.54, 1.807) is 55.6 Å². The van der Waals surface area contributed by atoms with Gasteiger partial charge in [0.15, 0.2) is 0 Å². The highest BCUT2D eigenvalue weighted by Crippen LogP contribution is 2.17. The average Bonchev–Trinajstić information content (AvgIpc) is 2.60. The summed E-state index contributed by atoms with van der Waals surface area (Å²) < 4.78 is 10.2. The summed E-state index contributed by atoms with van der Waals surface area (Å²) in [5, 5.41) is 5.25. The quantitative estimate of drug-likeness (QED) is 0.856. The number of anilines is 1. The molecule has 0 heterocycles. The zero-order valence-electron chi connectivity index (χ0n) is 13.0. The molecule has 0 aliphatic heterocycles. The lowest BCUT2D eigenvalue weighted by atomic mass is 10.2. The molecular weight excluding hydrogens is 296 g/mol. The Hall–Kier alpha value is -3.02. The molecule has 0 aromatic heterocycles. The van der Waals surface area contributed by atoms with Crippen LogP contribution in [0.5, 0.6) is 11.5 Å². The van der Waals surface area contributed by atoms with Gasteiger partial charge in [0.05, 0.1) is 26.3 Å². The summed E-state index contributed by atoms with van der Waals surface area (Å²) in [7, 11) is 3.06. The van der Waals surface area contributed by atoms with Gasteiger partial charge in [-0.05, 0) is 36.4 Å². The number of rotatable bonds is 6. The highest BCUT2D eigenvalue weighted by Gasteiger charge is 2.12. The van der Waals surface area contributed by atoms with E-state index in [2.05, 4.69) is 10.6 Å². The number of methoxy groups -OCH3 is 2. The second-order valence-electron chi connectivity index (χ2n) is 4.66. The van der Waals surface area contributed by atoms with E-state index in [4.69, 9.17) is 9.47 Å². The molecule has 0 aliphatic rings. The first-order valence-corrected chi connectivity index (χ1v) is 6.99. The molecule has 2 aromatic rings. The number of carbonyl (C=O) groups excluding carboxylic acids is 2. The van der Waals surface area contributed by atoms with E-state index in [-0.39, 0.29) is 18.4 Å². The summed E-state index contributed by atoms with van der Waals surface area (Å²) in [5.74, 6) is 0.471. The van der Waals surface area contributed by atoms with Crippen LogP contribution in [0.15, 0.2) is 48.5 Å². The minimum Gasteiger partial charge on any atom is -0.497 e. The fourth-order valence-corrected chi connectivity index (χ4v) is 1.97. The lowest BCUT2D eigenvalue weighted by Gasteiger charge is -2.09. The predicted octanol–water partition coefficient (Wildman–Crippen LogP) is 2.07. The topological polar surface area (TPSA) is 76.7 Å². The molecule has 0 unspecified atom stereocenters. The summed E-state index contributed by atoms with van der Waals surface area (Å²) in [5.41, 5.74) is 1.01. The molecule has 0 fully saturated rings. The molecule has 2 rings (SSSR count). The maximum atomic E-state index is 12.1. The Labute approximate surface area is 134 Å². The van der Waals surface area contributed by atoms with Crippen molar-refractivity contribution in [3.05, 3.63) is 54.1 Å². The number of ether oxygens (including phenoxy) is 2. The van der Waals surface area contributed by atoms with Gasteiger partial charge < -0.3 is 20.1 Å². The van der Waals surface area contributed by atoms with Gasteiger partial charge in [0.1, 0.15) is 11.5 Å². The summed E-state index contributed by atoms with van der Waals surface area (Å²) in [6.07, 6.45) is 0. The van der Waals surface area contributed by atoms with Gasteiger partial charge in [-0.3, -0.25) is 9.59 Å². The Balaban J connectivity index is 1.89. The number of carbonyl (C=O) groups is 2. The van der Waals surface area contributed by atoms with Crippen LogP contribution in [-0.2, 0) is 4.79 Å². The largest absolute Gasteiger partial charge is 0.497 e. The second-order valence-corrected chi connectivity index (χ2v) is 4.66. The summed E-state index contributed by atoms with van der Waals surface area (Å²) in [6, 6.07) is 13.7. The minimum absolute atomic E-state index is 0.136. The molecule has 6 heteroatoms. The van der Waals surface area contributed by atoms with Gasteiger partial charge in [0.2, 0.25) is 5.91 Å². The molecule has 2 amide bonds. The molecule has 2 aromatic carbocycles. The van der Waals surface area contributed by atoms with Crippen molar-refractivity contribution in [2.24, 2.45) is 0 Å². The summed E-state index contributed by atoms with van der Waals surface area (Å²) in [6.45, 7) is -0.136. The number of hydrogen-bond acceptors (Lipinski definition) is 4. The van der Waals surface area contributed by atoms with Crippen LogP contribution in [0.3, 0.4) is 0 Å². The molecule has 6 nitrogen and oxygen atoms in total. The van der Waals surface area contributed by atoms with Crippen LogP contribution in [0.25, 0.3) is 0 Å². The minimum atomic E-state index is -0.368. The number of para-hydroxylation sites is 1. The fraction of sp³-hybridized carbons (Fsp3) is 0.176. The van der Waals surface area contributed by atoms with Crippen molar-refractivity contribution < 1.29 is 19.1 Å². The van der Waals surface area contributed by atoms with Gasteiger partial charge in [0, 0.05) is 5.69 Å². The molecule has 0 bridgehead atoms. The first-order valence-electron chi connectivity index (χ1n) is 6.99. The average molecular weight is 314 g/mol. The van der Waals surface area contributed by atoms with E-state index < -0.39 is 0 Å². The Bertz CT molecular complexity index is 683. The highest BCUT2D eigenvalue weighted by atomic mass is 16.5. The van der Waals surface area contributed by atoms with Crippen LogP contribution in [-0.4, -0.2) is 32.6 Å². The van der Waals surface area contributed by atoms with E-state index >= 15 is 0 Å². The molecule has 0 saturated carbocycles. The summed E-state index contributed by atoms with van der Waals surface area (Å²) in [4.78, 5) is 23.9. The standard InChI is InChI=1S/C17H18N2O4/c1-22-13-9-7-12(8-10-13)19-16(20)11-18-17(21)14-5-3-4-6-15(14)23-2/h3-10H,11H2,1-2H3,(H,18,21)(H,19,20). The van der Waals surface area contributed by atoms with Crippen LogP contribution in [0.2, 0.25) is 0 Å². The van der Waals surface area contributed by atoms with Crippen molar-refractivity contribution in [1.29, 1.82) is 0 Å². The molecule has 0 aliphatic carbocycles. The van der Waals surface area contributed by atoms with Gasteiger partial charge in [-0.15, -0.1) is 0 Å². The maximum Gasteiger partial charge on any atom is 0.255 e. The predicted molar refractivity (Wildman–Crippen MR) is 87.0 cm³/mol. The zero-order valence-corrected chi connectivity index (χ0v) is 13.0. The highest BCUT2D eigenvalue weighted by molar-refractivity contribution is 6.00. The normalized spacial score (nSPS) is 9.83. The SMILES string of the molecule is COc1ccc(NC(=O)CNC(=O)c2ccccc2OC)cc1. The Morgan fingerprint density at radius 3 is 2.30 bits per heavy atom. The maximum absolute atomic E-state index is 12.1. The van der Waals surface area contributed by atoms with Crippen molar-refractivity contribution in [2.45, 2.75) is 0 Å².